The highest BCUT2D eigenvalue weighted by Gasteiger charge is 2.34. The summed E-state index contributed by atoms with van der Waals surface area (Å²) >= 11 is 0. The fourth-order valence-electron chi connectivity index (χ4n) is 5.21. The van der Waals surface area contributed by atoms with Gasteiger partial charge in [-0.25, -0.2) is 0 Å². The summed E-state index contributed by atoms with van der Waals surface area (Å²) in [5.74, 6) is 1.70. The molecule has 1 aromatic heterocycles. The molecule has 0 aliphatic heterocycles. The molecule has 0 radical (unpaired) electrons. The van der Waals surface area contributed by atoms with Crippen molar-refractivity contribution in [2.75, 3.05) is 33.1 Å². The van der Waals surface area contributed by atoms with Crippen LogP contribution in [-0.4, -0.2) is 50.6 Å². The third-order valence-electron chi connectivity index (χ3n) is 6.59. The number of quaternary nitrogens is 1. The summed E-state index contributed by atoms with van der Waals surface area (Å²) < 4.78 is 45.1. The molecule has 1 aliphatic rings. The Kier molecular flexibility index (Phi) is 6.34. The van der Waals surface area contributed by atoms with Gasteiger partial charge in [0.1, 0.15) is 17.1 Å². The van der Waals surface area contributed by atoms with Gasteiger partial charge in [-0.15, -0.1) is 0 Å². The molecular formula is C25H32NO5S+. The van der Waals surface area contributed by atoms with E-state index in [1.54, 1.807) is 7.11 Å². The Bertz CT molecular complexity index is 1220. The quantitative estimate of drug-likeness (QED) is 0.391. The zero-order chi connectivity index (χ0) is 22.9. The summed E-state index contributed by atoms with van der Waals surface area (Å²) in [6.07, 6.45) is 3.73. The largest absolute Gasteiger partial charge is 0.496 e. The highest BCUT2D eigenvalue weighted by atomic mass is 32.2. The van der Waals surface area contributed by atoms with Crippen LogP contribution in [0.25, 0.3) is 11.0 Å². The second kappa shape index (κ2) is 8.89. The Morgan fingerprint density at radius 2 is 2.03 bits per heavy atom. The van der Waals surface area contributed by atoms with Crippen molar-refractivity contribution in [3.8, 4) is 5.75 Å². The number of aryl methyl sites for hydroxylation is 1. The number of benzene rings is 2. The molecule has 1 aliphatic carbocycles. The van der Waals surface area contributed by atoms with E-state index in [0.29, 0.717) is 19.5 Å². The minimum Gasteiger partial charge on any atom is -0.496 e. The Hall–Kier alpha value is -2.35. The maximum atomic E-state index is 11.9. The SMILES string of the molecule is COc1cccc2c1CCC[C@H]2C[N+](C)(CCc1ccc2oc(C)cc2c1)CS(=O)(=O)O. The van der Waals surface area contributed by atoms with E-state index in [4.69, 9.17) is 9.15 Å². The van der Waals surface area contributed by atoms with Crippen molar-refractivity contribution in [3.05, 3.63) is 64.9 Å². The topological polar surface area (TPSA) is 76.7 Å². The van der Waals surface area contributed by atoms with E-state index in [0.717, 1.165) is 47.3 Å². The summed E-state index contributed by atoms with van der Waals surface area (Å²) in [6.45, 7) is 3.18. The average Bonchev–Trinajstić information content (AvgIpc) is 3.10. The number of likely N-dealkylation sites (N-methyl/N-ethyl adjacent to an activating group) is 1. The molecule has 1 heterocycles. The Balaban J connectivity index is 1.58. The molecule has 0 bridgehead atoms. The first kappa shape index (κ1) is 22.8. The summed E-state index contributed by atoms with van der Waals surface area (Å²) in [5, 5.41) is 1.05. The number of hydrogen-bond donors (Lipinski definition) is 1. The normalized spacial score (nSPS) is 18.3. The Labute approximate surface area is 190 Å². The lowest BCUT2D eigenvalue weighted by molar-refractivity contribution is -0.899. The fourth-order valence-corrected chi connectivity index (χ4v) is 6.23. The van der Waals surface area contributed by atoms with Gasteiger partial charge in [-0.2, -0.15) is 8.42 Å². The van der Waals surface area contributed by atoms with Gasteiger partial charge in [-0.1, -0.05) is 18.2 Å². The molecule has 0 saturated carbocycles. The van der Waals surface area contributed by atoms with Gasteiger partial charge >= 0.3 is 10.1 Å². The number of fused-ring (bicyclic) bond motifs is 2. The molecule has 2 aromatic carbocycles. The lowest BCUT2D eigenvalue weighted by Crippen LogP contribution is -2.51. The third-order valence-corrected chi connectivity index (χ3v) is 7.54. The second-order valence-electron chi connectivity index (χ2n) is 9.33. The maximum Gasteiger partial charge on any atom is 0.316 e. The van der Waals surface area contributed by atoms with Crippen LogP contribution >= 0.6 is 0 Å². The van der Waals surface area contributed by atoms with E-state index in [9.17, 15) is 13.0 Å². The minimum atomic E-state index is -4.13. The summed E-state index contributed by atoms with van der Waals surface area (Å²) in [4.78, 5) is 0. The van der Waals surface area contributed by atoms with Crippen molar-refractivity contribution in [1.82, 2.24) is 0 Å². The van der Waals surface area contributed by atoms with Gasteiger partial charge in [0, 0.05) is 17.7 Å². The van der Waals surface area contributed by atoms with Crippen molar-refractivity contribution in [3.63, 3.8) is 0 Å². The smallest absolute Gasteiger partial charge is 0.316 e. The summed E-state index contributed by atoms with van der Waals surface area (Å²) in [5.41, 5.74) is 4.45. The molecular weight excluding hydrogens is 426 g/mol. The number of methoxy groups -OCH3 is 1. The molecule has 0 saturated heterocycles. The van der Waals surface area contributed by atoms with Crippen molar-refractivity contribution in [2.45, 2.75) is 38.5 Å². The molecule has 1 unspecified atom stereocenters. The lowest BCUT2D eigenvalue weighted by Gasteiger charge is -2.38. The van der Waals surface area contributed by atoms with Crippen LogP contribution in [0.5, 0.6) is 5.75 Å². The molecule has 172 valence electrons. The molecule has 32 heavy (non-hydrogen) atoms. The lowest BCUT2D eigenvalue weighted by atomic mass is 9.81. The number of hydrogen-bond acceptors (Lipinski definition) is 4. The van der Waals surface area contributed by atoms with E-state index in [-0.39, 0.29) is 16.3 Å². The molecule has 0 spiro atoms. The monoisotopic (exact) mass is 458 g/mol. The number of ether oxygens (including phenoxy) is 1. The number of rotatable bonds is 8. The van der Waals surface area contributed by atoms with Crippen LogP contribution in [0.2, 0.25) is 0 Å². The number of nitrogens with zero attached hydrogens (tertiary/aromatic N) is 1. The van der Waals surface area contributed by atoms with Gasteiger partial charge in [0.15, 0.2) is 0 Å². The van der Waals surface area contributed by atoms with E-state index < -0.39 is 10.1 Å². The van der Waals surface area contributed by atoms with Crippen molar-refractivity contribution in [1.29, 1.82) is 0 Å². The maximum absolute atomic E-state index is 11.9. The van der Waals surface area contributed by atoms with Gasteiger partial charge in [-0.05, 0) is 67.1 Å². The van der Waals surface area contributed by atoms with Crippen LogP contribution in [0.3, 0.4) is 0 Å². The number of furan rings is 1. The minimum absolute atomic E-state index is 0.222. The van der Waals surface area contributed by atoms with Crippen molar-refractivity contribution >= 4 is 21.1 Å². The highest BCUT2D eigenvalue weighted by molar-refractivity contribution is 7.85. The van der Waals surface area contributed by atoms with Gasteiger partial charge in [0.2, 0.25) is 5.88 Å². The molecule has 1 N–H and O–H groups in total. The van der Waals surface area contributed by atoms with E-state index in [1.165, 1.54) is 11.1 Å². The molecule has 0 amide bonds. The zero-order valence-corrected chi connectivity index (χ0v) is 19.8. The highest BCUT2D eigenvalue weighted by Crippen LogP contribution is 2.38. The van der Waals surface area contributed by atoms with Crippen molar-refractivity contribution < 1.29 is 26.6 Å². The van der Waals surface area contributed by atoms with Gasteiger partial charge in [-0.3, -0.25) is 4.55 Å². The Morgan fingerprint density at radius 3 is 2.78 bits per heavy atom. The molecule has 7 heteroatoms. The second-order valence-corrected chi connectivity index (χ2v) is 10.8. The standard InChI is InChI=1S/C25H31NO5S/c1-18-14-21-15-19(10-11-24(21)31-18)12-13-26(2,17-32(27,28)29)16-20-6-4-8-23-22(20)7-5-9-25(23)30-3/h5,7,9-11,14-15,20H,4,6,8,12-13,16-17H2,1-3H3/p+1/t20-,26?/m0/s1. The average molecular weight is 459 g/mol. The first-order valence-electron chi connectivity index (χ1n) is 11.1. The van der Waals surface area contributed by atoms with Crippen LogP contribution in [0, 0.1) is 6.92 Å². The van der Waals surface area contributed by atoms with Crippen LogP contribution < -0.4 is 4.74 Å². The van der Waals surface area contributed by atoms with Gasteiger partial charge < -0.3 is 13.6 Å². The molecule has 3 aromatic rings. The van der Waals surface area contributed by atoms with Crippen LogP contribution in [0.15, 0.2) is 46.9 Å². The first-order valence-corrected chi connectivity index (χ1v) is 12.7. The molecule has 0 fully saturated rings. The predicted molar refractivity (Wildman–Crippen MR) is 126 cm³/mol. The Morgan fingerprint density at radius 1 is 1.22 bits per heavy atom. The summed E-state index contributed by atoms with van der Waals surface area (Å²) in [6, 6.07) is 14.2. The third kappa shape index (κ3) is 5.17. The van der Waals surface area contributed by atoms with Gasteiger partial charge in [0.25, 0.3) is 0 Å². The van der Waals surface area contributed by atoms with Crippen LogP contribution in [0.4, 0.5) is 0 Å². The van der Waals surface area contributed by atoms with E-state index in [2.05, 4.69) is 12.1 Å². The van der Waals surface area contributed by atoms with Crippen LogP contribution in [-0.2, 0) is 23.0 Å². The van der Waals surface area contributed by atoms with Crippen molar-refractivity contribution in [2.24, 2.45) is 0 Å². The van der Waals surface area contributed by atoms with E-state index in [1.807, 2.05) is 44.3 Å². The molecule has 4 rings (SSSR count). The van der Waals surface area contributed by atoms with Crippen LogP contribution in [0.1, 0.15) is 41.2 Å². The fraction of sp³-hybridized carbons (Fsp3) is 0.440. The predicted octanol–water partition coefficient (Wildman–Crippen LogP) is 4.70. The molecule has 2 atom stereocenters. The van der Waals surface area contributed by atoms with Gasteiger partial charge in [0.05, 0.1) is 27.2 Å². The molecule has 6 nitrogen and oxygen atoms in total. The van der Waals surface area contributed by atoms with E-state index >= 15 is 0 Å². The zero-order valence-electron chi connectivity index (χ0n) is 19.0. The summed E-state index contributed by atoms with van der Waals surface area (Å²) in [7, 11) is -0.502. The first-order chi connectivity index (χ1) is 15.2.